The fraction of sp³-hybridized carbons (Fsp3) is 0.692. The van der Waals surface area contributed by atoms with Crippen molar-refractivity contribution in [2.24, 2.45) is 5.73 Å². The molecule has 100 valence electrons. The van der Waals surface area contributed by atoms with Crippen LogP contribution in [0.25, 0.3) is 0 Å². The lowest BCUT2D eigenvalue weighted by Crippen LogP contribution is -2.28. The topological polar surface area (TPSA) is 64.3 Å². The van der Waals surface area contributed by atoms with Crippen LogP contribution >= 0.6 is 0 Å². The van der Waals surface area contributed by atoms with Crippen LogP contribution in [0.4, 0.5) is 5.95 Å². The van der Waals surface area contributed by atoms with Crippen molar-refractivity contribution >= 4 is 5.95 Å². The molecule has 1 atom stereocenters. The molecule has 0 aliphatic carbocycles. The molecule has 1 fully saturated rings. The first-order valence-corrected chi connectivity index (χ1v) is 6.68. The van der Waals surface area contributed by atoms with Gasteiger partial charge in [0, 0.05) is 38.1 Å². The molecular formula is C13H22N4O. The second-order valence-electron chi connectivity index (χ2n) is 4.72. The van der Waals surface area contributed by atoms with Crippen molar-refractivity contribution in [1.29, 1.82) is 0 Å². The van der Waals surface area contributed by atoms with E-state index in [1.54, 1.807) is 0 Å². The van der Waals surface area contributed by atoms with Gasteiger partial charge in [0.2, 0.25) is 5.95 Å². The van der Waals surface area contributed by atoms with Gasteiger partial charge in [-0.3, -0.25) is 0 Å². The van der Waals surface area contributed by atoms with Gasteiger partial charge in [-0.2, -0.15) is 0 Å². The van der Waals surface area contributed by atoms with Crippen LogP contribution in [0.1, 0.15) is 25.3 Å². The normalized spacial score (nSPS) is 18.4. The van der Waals surface area contributed by atoms with Gasteiger partial charge in [0.05, 0.1) is 6.61 Å². The molecule has 2 heterocycles. The van der Waals surface area contributed by atoms with Crippen molar-refractivity contribution < 1.29 is 4.74 Å². The Balaban J connectivity index is 1.97. The Hall–Kier alpha value is -1.20. The summed E-state index contributed by atoms with van der Waals surface area (Å²) in [5.74, 6) is 0.800. The van der Waals surface area contributed by atoms with Crippen molar-refractivity contribution in [2.75, 3.05) is 31.2 Å². The van der Waals surface area contributed by atoms with Crippen LogP contribution in [0.3, 0.4) is 0 Å². The molecule has 0 bridgehead atoms. The van der Waals surface area contributed by atoms with E-state index in [0.29, 0.717) is 0 Å². The van der Waals surface area contributed by atoms with E-state index >= 15 is 0 Å². The molecule has 1 aliphatic rings. The summed E-state index contributed by atoms with van der Waals surface area (Å²) in [6, 6.07) is 0.200. The molecule has 1 aliphatic heterocycles. The van der Waals surface area contributed by atoms with Crippen molar-refractivity contribution in [3.05, 3.63) is 18.0 Å². The van der Waals surface area contributed by atoms with Crippen LogP contribution in [-0.4, -0.2) is 42.3 Å². The van der Waals surface area contributed by atoms with E-state index in [4.69, 9.17) is 10.5 Å². The molecular weight excluding hydrogens is 228 g/mol. The predicted octanol–water partition coefficient (Wildman–Crippen LogP) is 0.983. The zero-order chi connectivity index (χ0) is 12.8. The van der Waals surface area contributed by atoms with Gasteiger partial charge in [0.15, 0.2) is 0 Å². The van der Waals surface area contributed by atoms with Gasteiger partial charge < -0.3 is 15.4 Å². The monoisotopic (exact) mass is 250 g/mol. The van der Waals surface area contributed by atoms with Crippen LogP contribution in [0, 0.1) is 0 Å². The smallest absolute Gasteiger partial charge is 0.225 e. The second-order valence-corrected chi connectivity index (χ2v) is 4.72. The third kappa shape index (κ3) is 3.65. The van der Waals surface area contributed by atoms with Gasteiger partial charge in [-0.05, 0) is 24.8 Å². The van der Waals surface area contributed by atoms with Crippen molar-refractivity contribution in [1.82, 2.24) is 9.97 Å². The van der Waals surface area contributed by atoms with E-state index in [1.165, 1.54) is 0 Å². The first kappa shape index (κ1) is 13.2. The molecule has 5 heteroatoms. The van der Waals surface area contributed by atoms with E-state index in [2.05, 4.69) is 21.8 Å². The Morgan fingerprint density at radius 3 is 2.83 bits per heavy atom. The standard InChI is InChI=1S/C13H22N4O/c1-2-12(14)8-11-9-15-13(16-10-11)17-4-3-6-18-7-5-17/h9-10,12H,2-8,14H2,1H3. The average molecular weight is 250 g/mol. The molecule has 0 spiro atoms. The molecule has 0 saturated carbocycles. The van der Waals surface area contributed by atoms with Gasteiger partial charge in [-0.15, -0.1) is 0 Å². The minimum absolute atomic E-state index is 0.200. The van der Waals surface area contributed by atoms with Crippen LogP contribution < -0.4 is 10.6 Å². The van der Waals surface area contributed by atoms with Crippen LogP contribution in [0.2, 0.25) is 0 Å². The Bertz CT molecular complexity index is 347. The Morgan fingerprint density at radius 2 is 2.11 bits per heavy atom. The minimum Gasteiger partial charge on any atom is -0.380 e. The molecule has 1 aromatic rings. The fourth-order valence-electron chi connectivity index (χ4n) is 2.01. The summed E-state index contributed by atoms with van der Waals surface area (Å²) in [7, 11) is 0. The van der Waals surface area contributed by atoms with Gasteiger partial charge in [-0.25, -0.2) is 9.97 Å². The molecule has 1 saturated heterocycles. The number of hydrogen-bond acceptors (Lipinski definition) is 5. The molecule has 2 rings (SSSR count). The third-order valence-electron chi connectivity index (χ3n) is 3.22. The zero-order valence-corrected chi connectivity index (χ0v) is 11.0. The summed E-state index contributed by atoms with van der Waals surface area (Å²) >= 11 is 0. The molecule has 1 unspecified atom stereocenters. The highest BCUT2D eigenvalue weighted by Crippen LogP contribution is 2.11. The number of anilines is 1. The van der Waals surface area contributed by atoms with Crippen molar-refractivity contribution in [3.8, 4) is 0 Å². The zero-order valence-electron chi connectivity index (χ0n) is 11.0. The molecule has 0 radical (unpaired) electrons. The number of nitrogens with two attached hydrogens (primary N) is 1. The molecule has 5 nitrogen and oxygen atoms in total. The maximum Gasteiger partial charge on any atom is 0.225 e. The van der Waals surface area contributed by atoms with Crippen LogP contribution in [0.5, 0.6) is 0 Å². The highest BCUT2D eigenvalue weighted by atomic mass is 16.5. The second kappa shape index (κ2) is 6.66. The van der Waals surface area contributed by atoms with Crippen LogP contribution in [0.15, 0.2) is 12.4 Å². The largest absolute Gasteiger partial charge is 0.380 e. The van der Waals surface area contributed by atoms with Gasteiger partial charge in [-0.1, -0.05) is 6.92 Å². The quantitative estimate of drug-likeness (QED) is 0.863. The fourth-order valence-corrected chi connectivity index (χ4v) is 2.01. The number of nitrogens with zero attached hydrogens (tertiary/aromatic N) is 3. The third-order valence-corrected chi connectivity index (χ3v) is 3.22. The molecule has 0 amide bonds. The summed E-state index contributed by atoms with van der Waals surface area (Å²) in [6.45, 7) is 5.52. The Kier molecular flexibility index (Phi) is 4.90. The molecule has 2 N–H and O–H groups in total. The van der Waals surface area contributed by atoms with E-state index in [9.17, 15) is 0 Å². The first-order chi connectivity index (χ1) is 8.79. The average Bonchev–Trinajstić information content (AvgIpc) is 2.68. The Labute approximate surface area is 108 Å². The van der Waals surface area contributed by atoms with Crippen LogP contribution in [-0.2, 0) is 11.2 Å². The number of ether oxygens (including phenoxy) is 1. The van der Waals surface area contributed by atoms with E-state index < -0.39 is 0 Å². The van der Waals surface area contributed by atoms with E-state index in [1.807, 2.05) is 12.4 Å². The number of hydrogen-bond donors (Lipinski definition) is 1. The highest BCUT2D eigenvalue weighted by molar-refractivity contribution is 5.30. The lowest BCUT2D eigenvalue weighted by atomic mass is 10.1. The molecule has 18 heavy (non-hydrogen) atoms. The molecule has 1 aromatic heterocycles. The summed E-state index contributed by atoms with van der Waals surface area (Å²) in [5.41, 5.74) is 7.03. The van der Waals surface area contributed by atoms with Crippen molar-refractivity contribution in [2.45, 2.75) is 32.2 Å². The van der Waals surface area contributed by atoms with E-state index in [0.717, 1.165) is 57.1 Å². The number of rotatable bonds is 4. The lowest BCUT2D eigenvalue weighted by molar-refractivity contribution is 0.152. The predicted molar refractivity (Wildman–Crippen MR) is 71.7 cm³/mol. The van der Waals surface area contributed by atoms with E-state index in [-0.39, 0.29) is 6.04 Å². The van der Waals surface area contributed by atoms with Gasteiger partial charge in [0.25, 0.3) is 0 Å². The van der Waals surface area contributed by atoms with Gasteiger partial charge in [0.1, 0.15) is 0 Å². The molecule has 0 aromatic carbocycles. The Morgan fingerprint density at radius 1 is 1.33 bits per heavy atom. The maximum atomic E-state index is 5.92. The minimum atomic E-state index is 0.200. The summed E-state index contributed by atoms with van der Waals surface area (Å²) in [5, 5.41) is 0. The first-order valence-electron chi connectivity index (χ1n) is 6.68. The summed E-state index contributed by atoms with van der Waals surface area (Å²) in [6.07, 6.45) is 6.64. The SMILES string of the molecule is CCC(N)Cc1cnc(N2CCCOCC2)nc1. The van der Waals surface area contributed by atoms with Gasteiger partial charge >= 0.3 is 0 Å². The van der Waals surface area contributed by atoms with Crippen molar-refractivity contribution in [3.63, 3.8) is 0 Å². The lowest BCUT2D eigenvalue weighted by Gasteiger charge is -2.19. The summed E-state index contributed by atoms with van der Waals surface area (Å²) < 4.78 is 5.42. The number of aromatic nitrogens is 2. The highest BCUT2D eigenvalue weighted by Gasteiger charge is 2.12. The maximum absolute atomic E-state index is 5.92. The summed E-state index contributed by atoms with van der Waals surface area (Å²) in [4.78, 5) is 11.0.